The molecule has 0 aliphatic carbocycles. The van der Waals surface area contributed by atoms with Crippen molar-refractivity contribution in [1.29, 1.82) is 0 Å². The summed E-state index contributed by atoms with van der Waals surface area (Å²) in [6, 6.07) is 3.84. The summed E-state index contributed by atoms with van der Waals surface area (Å²) in [5, 5.41) is 0.443. The minimum atomic E-state index is -3.66. The largest absolute Gasteiger partial charge is 0.354 e. The first kappa shape index (κ1) is 16.9. The predicted octanol–water partition coefficient (Wildman–Crippen LogP) is 2.39. The van der Waals surface area contributed by atoms with Gasteiger partial charge in [-0.25, -0.2) is 13.1 Å². The molecule has 0 aromatic heterocycles. The van der Waals surface area contributed by atoms with E-state index in [1.54, 1.807) is 6.92 Å². The van der Waals surface area contributed by atoms with Crippen LogP contribution < -0.4 is 4.72 Å². The van der Waals surface area contributed by atoms with Gasteiger partial charge in [-0.15, -0.1) is 0 Å². The van der Waals surface area contributed by atoms with Crippen LogP contribution in [0.15, 0.2) is 27.6 Å². The van der Waals surface area contributed by atoms with Gasteiger partial charge in [-0.2, -0.15) is 0 Å². The molecule has 0 fully saturated rings. The molecule has 0 aliphatic heterocycles. The molecule has 1 atom stereocenters. The Morgan fingerprint density at radius 2 is 1.89 bits per heavy atom. The average Bonchev–Trinajstić information content (AvgIpc) is 2.33. The fourth-order valence-electron chi connectivity index (χ4n) is 1.52. The summed E-state index contributed by atoms with van der Waals surface area (Å²) in [4.78, 5) is 0.113. The van der Waals surface area contributed by atoms with E-state index in [1.807, 2.05) is 0 Å². The molecule has 1 aromatic rings. The van der Waals surface area contributed by atoms with Crippen molar-refractivity contribution in [2.45, 2.75) is 24.2 Å². The van der Waals surface area contributed by atoms with Gasteiger partial charge in [0.2, 0.25) is 10.0 Å². The third kappa shape index (κ3) is 4.40. The number of ether oxygens (including phenoxy) is 2. The van der Waals surface area contributed by atoms with Gasteiger partial charge >= 0.3 is 0 Å². The molecule has 0 amide bonds. The van der Waals surface area contributed by atoms with E-state index in [2.05, 4.69) is 20.7 Å². The van der Waals surface area contributed by atoms with Crippen molar-refractivity contribution in [3.63, 3.8) is 0 Å². The molecule has 1 aromatic carbocycles. The van der Waals surface area contributed by atoms with E-state index in [1.165, 1.54) is 32.4 Å². The smallest absolute Gasteiger partial charge is 0.241 e. The fraction of sp³-hybridized carbons (Fsp3) is 0.455. The molecular weight excluding hydrogens is 358 g/mol. The normalized spacial score (nSPS) is 13.8. The third-order valence-corrected chi connectivity index (χ3v) is 5.19. The number of hydrogen-bond donors (Lipinski definition) is 1. The highest BCUT2D eigenvalue weighted by molar-refractivity contribution is 9.10. The van der Waals surface area contributed by atoms with Crippen LogP contribution in [0.2, 0.25) is 5.02 Å². The van der Waals surface area contributed by atoms with Gasteiger partial charge in [0.25, 0.3) is 0 Å². The maximum absolute atomic E-state index is 12.2. The highest BCUT2D eigenvalue weighted by Gasteiger charge is 2.23. The lowest BCUT2D eigenvalue weighted by molar-refractivity contribution is -0.115. The SMILES string of the molecule is COC(OC)C(C)NS(=O)(=O)c1ccc(Cl)c(Br)c1. The van der Waals surface area contributed by atoms with Crippen LogP contribution in [0.1, 0.15) is 6.92 Å². The van der Waals surface area contributed by atoms with Crippen LogP contribution >= 0.6 is 27.5 Å². The molecular formula is C11H15BrClNO4S. The van der Waals surface area contributed by atoms with Crippen molar-refractivity contribution < 1.29 is 17.9 Å². The molecule has 0 radical (unpaired) electrons. The summed E-state index contributed by atoms with van der Waals surface area (Å²) in [5.74, 6) is 0. The maximum Gasteiger partial charge on any atom is 0.241 e. The summed E-state index contributed by atoms with van der Waals surface area (Å²) in [6.45, 7) is 1.65. The molecule has 5 nitrogen and oxygen atoms in total. The fourth-order valence-corrected chi connectivity index (χ4v) is 3.42. The summed E-state index contributed by atoms with van der Waals surface area (Å²) >= 11 is 9.02. The monoisotopic (exact) mass is 371 g/mol. The Morgan fingerprint density at radius 3 is 2.37 bits per heavy atom. The van der Waals surface area contributed by atoms with E-state index in [0.29, 0.717) is 9.50 Å². The van der Waals surface area contributed by atoms with Gasteiger partial charge in [-0.05, 0) is 41.1 Å². The van der Waals surface area contributed by atoms with Crippen molar-refractivity contribution >= 4 is 37.6 Å². The molecule has 1 unspecified atom stereocenters. The van der Waals surface area contributed by atoms with Gasteiger partial charge in [0.1, 0.15) is 0 Å². The number of benzene rings is 1. The summed E-state index contributed by atoms with van der Waals surface area (Å²) in [5.41, 5.74) is 0. The van der Waals surface area contributed by atoms with E-state index in [-0.39, 0.29) is 4.90 Å². The Hall–Kier alpha value is -0.180. The van der Waals surface area contributed by atoms with Gasteiger partial charge in [-0.1, -0.05) is 11.6 Å². The molecule has 0 aliphatic rings. The van der Waals surface area contributed by atoms with E-state index < -0.39 is 22.4 Å². The molecule has 8 heteroatoms. The summed E-state index contributed by atoms with van der Waals surface area (Å²) in [6.07, 6.45) is -0.662. The lowest BCUT2D eigenvalue weighted by Gasteiger charge is -2.22. The summed E-state index contributed by atoms with van der Waals surface area (Å²) < 4.78 is 37.3. The first-order chi connectivity index (χ1) is 8.81. The Labute approximate surface area is 126 Å². The number of nitrogens with one attached hydrogen (secondary N) is 1. The van der Waals surface area contributed by atoms with E-state index in [9.17, 15) is 8.42 Å². The molecule has 108 valence electrons. The van der Waals surface area contributed by atoms with Gasteiger partial charge < -0.3 is 9.47 Å². The van der Waals surface area contributed by atoms with Crippen LogP contribution in [0.5, 0.6) is 0 Å². The first-order valence-corrected chi connectivity index (χ1v) is 8.00. The highest BCUT2D eigenvalue weighted by Crippen LogP contribution is 2.25. The zero-order valence-corrected chi connectivity index (χ0v) is 13.8. The van der Waals surface area contributed by atoms with Crippen molar-refractivity contribution in [1.82, 2.24) is 4.72 Å². The van der Waals surface area contributed by atoms with Crippen molar-refractivity contribution in [2.75, 3.05) is 14.2 Å². The standard InChI is InChI=1S/C11H15BrClNO4S/c1-7(11(17-2)18-3)14-19(15,16)8-4-5-10(13)9(12)6-8/h4-7,11,14H,1-3H3. The molecule has 0 bridgehead atoms. The minimum Gasteiger partial charge on any atom is -0.354 e. The van der Waals surface area contributed by atoms with Gasteiger partial charge in [0, 0.05) is 18.7 Å². The second kappa shape index (κ2) is 7.01. The molecule has 19 heavy (non-hydrogen) atoms. The van der Waals surface area contributed by atoms with Crippen LogP contribution in [-0.2, 0) is 19.5 Å². The van der Waals surface area contributed by atoms with Crippen LogP contribution in [0.25, 0.3) is 0 Å². The van der Waals surface area contributed by atoms with Crippen LogP contribution in [0.3, 0.4) is 0 Å². The second-order valence-electron chi connectivity index (χ2n) is 3.83. The van der Waals surface area contributed by atoms with Crippen molar-refractivity contribution in [3.05, 3.63) is 27.7 Å². The lowest BCUT2D eigenvalue weighted by Crippen LogP contribution is -2.42. The quantitative estimate of drug-likeness (QED) is 0.779. The number of methoxy groups -OCH3 is 2. The average molecular weight is 373 g/mol. The molecule has 0 spiro atoms. The molecule has 0 saturated heterocycles. The van der Waals surface area contributed by atoms with Crippen LogP contribution in [0.4, 0.5) is 0 Å². The van der Waals surface area contributed by atoms with Gasteiger partial charge in [0.05, 0.1) is 16.0 Å². The van der Waals surface area contributed by atoms with Gasteiger partial charge in [0.15, 0.2) is 6.29 Å². The van der Waals surface area contributed by atoms with Crippen LogP contribution in [0, 0.1) is 0 Å². The number of hydrogen-bond acceptors (Lipinski definition) is 4. The molecule has 1 rings (SSSR count). The summed E-state index contributed by atoms with van der Waals surface area (Å²) in [7, 11) is -0.778. The molecule has 1 N–H and O–H groups in total. The predicted molar refractivity (Wildman–Crippen MR) is 76.7 cm³/mol. The van der Waals surface area contributed by atoms with E-state index >= 15 is 0 Å². The minimum absolute atomic E-state index is 0.113. The van der Waals surface area contributed by atoms with Gasteiger partial charge in [-0.3, -0.25) is 0 Å². The topological polar surface area (TPSA) is 64.6 Å². The third-order valence-electron chi connectivity index (χ3n) is 2.42. The molecule has 0 saturated carbocycles. The second-order valence-corrected chi connectivity index (χ2v) is 6.80. The van der Waals surface area contributed by atoms with E-state index in [0.717, 1.165) is 0 Å². The first-order valence-electron chi connectivity index (χ1n) is 5.34. The van der Waals surface area contributed by atoms with Crippen molar-refractivity contribution in [3.8, 4) is 0 Å². The van der Waals surface area contributed by atoms with E-state index in [4.69, 9.17) is 21.1 Å². The van der Waals surface area contributed by atoms with Crippen LogP contribution in [-0.4, -0.2) is 35.0 Å². The lowest BCUT2D eigenvalue weighted by atomic mass is 10.3. The Balaban J connectivity index is 2.95. The molecule has 0 heterocycles. The number of halogens is 2. The zero-order valence-electron chi connectivity index (χ0n) is 10.7. The Kier molecular flexibility index (Phi) is 6.22. The highest BCUT2D eigenvalue weighted by atomic mass is 79.9. The Bertz CT molecular complexity index is 533. The number of sulfonamides is 1. The number of rotatable bonds is 6. The Morgan fingerprint density at radius 1 is 1.32 bits per heavy atom. The van der Waals surface area contributed by atoms with Crippen molar-refractivity contribution in [2.24, 2.45) is 0 Å². The zero-order chi connectivity index (χ0) is 14.6. The maximum atomic E-state index is 12.2.